The molecular weight excluding hydrogens is 342 g/mol. The van der Waals surface area contributed by atoms with Gasteiger partial charge in [0.1, 0.15) is 28.9 Å². The number of nitrogens with zero attached hydrogens (tertiary/aromatic N) is 4. The lowest BCUT2D eigenvalue weighted by atomic mass is 9.93. The summed E-state index contributed by atoms with van der Waals surface area (Å²) in [5.74, 6) is 0.403. The van der Waals surface area contributed by atoms with Gasteiger partial charge in [-0.15, -0.1) is 0 Å². The summed E-state index contributed by atoms with van der Waals surface area (Å²) in [6, 6.07) is 6.84. The molecule has 2 atom stereocenters. The maximum absolute atomic E-state index is 10.1. The number of hydrogen-bond acceptors (Lipinski definition) is 7. The van der Waals surface area contributed by atoms with Crippen LogP contribution in [-0.4, -0.2) is 45.2 Å². The Morgan fingerprint density at radius 2 is 1.93 bits per heavy atom. The molecule has 0 saturated heterocycles. The van der Waals surface area contributed by atoms with Crippen LogP contribution in [0.3, 0.4) is 0 Å². The molecule has 7 heteroatoms. The standard InChI is InChI=1S/C20H25N5O2/c1-25(2)13-5-3-4-12(6-7-13)18-16(11-21)19(22)24-20(23-18)15-10-14(26)8-9-17(15)27/h8-10,12-13,26-27H,3-7H2,1-2H3,(H2,22,23,24). The van der Waals surface area contributed by atoms with E-state index in [4.69, 9.17) is 5.73 Å². The molecule has 142 valence electrons. The van der Waals surface area contributed by atoms with E-state index in [0.717, 1.165) is 32.1 Å². The first kappa shape index (κ1) is 18.9. The van der Waals surface area contributed by atoms with Crippen LogP contribution in [0, 0.1) is 11.3 Å². The summed E-state index contributed by atoms with van der Waals surface area (Å²) in [6.45, 7) is 0. The summed E-state index contributed by atoms with van der Waals surface area (Å²) in [4.78, 5) is 11.1. The third-order valence-corrected chi connectivity index (χ3v) is 5.35. The normalized spacial score (nSPS) is 20.2. The van der Waals surface area contributed by atoms with E-state index < -0.39 is 0 Å². The van der Waals surface area contributed by atoms with Crippen molar-refractivity contribution in [2.24, 2.45) is 0 Å². The summed E-state index contributed by atoms with van der Waals surface area (Å²) < 4.78 is 0. The van der Waals surface area contributed by atoms with Crippen LogP contribution in [0.15, 0.2) is 18.2 Å². The fourth-order valence-corrected chi connectivity index (χ4v) is 3.80. The van der Waals surface area contributed by atoms with E-state index in [1.807, 2.05) is 0 Å². The maximum Gasteiger partial charge on any atom is 0.165 e. The molecule has 2 aromatic rings. The average molecular weight is 367 g/mol. The summed E-state index contributed by atoms with van der Waals surface area (Å²) in [5.41, 5.74) is 7.30. The van der Waals surface area contributed by atoms with Gasteiger partial charge in [0.2, 0.25) is 0 Å². The van der Waals surface area contributed by atoms with E-state index in [1.165, 1.54) is 18.2 Å². The molecular formula is C20H25N5O2. The van der Waals surface area contributed by atoms with Crippen LogP contribution in [0.2, 0.25) is 0 Å². The number of phenolic OH excluding ortho intramolecular Hbond substituents is 2. The number of nitriles is 1. The zero-order chi connectivity index (χ0) is 19.6. The molecule has 1 heterocycles. The van der Waals surface area contributed by atoms with Crippen LogP contribution in [0.25, 0.3) is 11.4 Å². The van der Waals surface area contributed by atoms with Crippen molar-refractivity contribution in [2.45, 2.75) is 44.1 Å². The number of anilines is 1. The lowest BCUT2D eigenvalue weighted by Gasteiger charge is -2.22. The largest absolute Gasteiger partial charge is 0.508 e. The zero-order valence-electron chi connectivity index (χ0n) is 15.7. The van der Waals surface area contributed by atoms with Crippen molar-refractivity contribution >= 4 is 5.82 Å². The molecule has 7 nitrogen and oxygen atoms in total. The quantitative estimate of drug-likeness (QED) is 0.563. The molecule has 1 fully saturated rings. The summed E-state index contributed by atoms with van der Waals surface area (Å²) >= 11 is 0. The van der Waals surface area contributed by atoms with Crippen molar-refractivity contribution in [3.05, 3.63) is 29.5 Å². The van der Waals surface area contributed by atoms with Crippen molar-refractivity contribution in [2.75, 3.05) is 19.8 Å². The van der Waals surface area contributed by atoms with Crippen LogP contribution < -0.4 is 5.73 Å². The predicted octanol–water partition coefficient (Wildman–Crippen LogP) is 2.99. The molecule has 2 unspecified atom stereocenters. The van der Waals surface area contributed by atoms with Gasteiger partial charge >= 0.3 is 0 Å². The van der Waals surface area contributed by atoms with Crippen molar-refractivity contribution in [1.82, 2.24) is 14.9 Å². The summed E-state index contributed by atoms with van der Waals surface area (Å²) in [5, 5.41) is 29.5. The highest BCUT2D eigenvalue weighted by molar-refractivity contribution is 5.68. The Bertz CT molecular complexity index is 875. The number of aromatic hydroxyl groups is 2. The fraction of sp³-hybridized carbons (Fsp3) is 0.450. The minimum atomic E-state index is -0.0450. The maximum atomic E-state index is 10.1. The number of hydrogen-bond donors (Lipinski definition) is 3. The lowest BCUT2D eigenvalue weighted by molar-refractivity contribution is 0.266. The highest BCUT2D eigenvalue weighted by Crippen LogP contribution is 2.37. The number of rotatable bonds is 3. The van der Waals surface area contributed by atoms with E-state index in [9.17, 15) is 15.5 Å². The van der Waals surface area contributed by atoms with Crippen molar-refractivity contribution in [1.29, 1.82) is 5.26 Å². The van der Waals surface area contributed by atoms with Crippen molar-refractivity contribution in [3.8, 4) is 29.0 Å². The minimum Gasteiger partial charge on any atom is -0.508 e. The second kappa shape index (κ2) is 7.80. The molecule has 0 amide bonds. The van der Waals surface area contributed by atoms with Crippen molar-refractivity contribution in [3.63, 3.8) is 0 Å². The zero-order valence-corrected chi connectivity index (χ0v) is 15.7. The summed E-state index contributed by atoms with van der Waals surface area (Å²) in [6.07, 6.45) is 5.04. The third-order valence-electron chi connectivity index (χ3n) is 5.35. The van der Waals surface area contributed by atoms with Gasteiger partial charge in [0.15, 0.2) is 5.82 Å². The molecule has 1 aromatic carbocycles. The van der Waals surface area contributed by atoms with E-state index in [1.54, 1.807) is 0 Å². The molecule has 4 N–H and O–H groups in total. The average Bonchev–Trinajstić information content (AvgIpc) is 2.89. The van der Waals surface area contributed by atoms with Crippen LogP contribution in [0.5, 0.6) is 11.5 Å². The molecule has 0 radical (unpaired) electrons. The Kier molecular flexibility index (Phi) is 5.47. The van der Waals surface area contributed by atoms with Crippen LogP contribution in [-0.2, 0) is 0 Å². The Morgan fingerprint density at radius 1 is 1.15 bits per heavy atom. The Balaban J connectivity index is 2.03. The topological polar surface area (TPSA) is 119 Å². The van der Waals surface area contributed by atoms with E-state index in [0.29, 0.717) is 22.9 Å². The van der Waals surface area contributed by atoms with Gasteiger partial charge in [0.05, 0.1) is 11.3 Å². The monoisotopic (exact) mass is 367 g/mol. The molecule has 1 aliphatic rings. The van der Waals surface area contributed by atoms with Gasteiger partial charge in [-0.2, -0.15) is 5.26 Å². The molecule has 1 aromatic heterocycles. The number of nitrogens with two attached hydrogens (primary N) is 1. The molecule has 1 saturated carbocycles. The molecule has 1 aliphatic carbocycles. The predicted molar refractivity (Wildman–Crippen MR) is 103 cm³/mol. The molecule has 0 aliphatic heterocycles. The minimum absolute atomic E-state index is 0.000766. The second-order valence-electron chi connectivity index (χ2n) is 7.33. The van der Waals surface area contributed by atoms with Crippen molar-refractivity contribution < 1.29 is 10.2 Å². The van der Waals surface area contributed by atoms with E-state index in [-0.39, 0.29) is 29.1 Å². The first-order valence-electron chi connectivity index (χ1n) is 9.17. The third kappa shape index (κ3) is 3.96. The SMILES string of the molecule is CN(C)C1CCCC(c2nc(-c3cc(O)ccc3O)nc(N)c2C#N)CC1. The first-order valence-corrected chi connectivity index (χ1v) is 9.17. The number of benzene rings is 1. The Hall–Kier alpha value is -2.85. The van der Waals surface area contributed by atoms with Gasteiger partial charge in [0, 0.05) is 12.0 Å². The molecule has 3 rings (SSSR count). The van der Waals surface area contributed by atoms with E-state index in [2.05, 4.69) is 35.0 Å². The Labute approximate surface area is 159 Å². The molecule has 0 bridgehead atoms. The van der Waals surface area contributed by atoms with Gasteiger partial charge in [0.25, 0.3) is 0 Å². The van der Waals surface area contributed by atoms with Gasteiger partial charge in [-0.25, -0.2) is 9.97 Å². The first-order chi connectivity index (χ1) is 12.9. The number of aromatic nitrogens is 2. The smallest absolute Gasteiger partial charge is 0.165 e. The van der Waals surface area contributed by atoms with Gasteiger partial charge in [-0.3, -0.25) is 0 Å². The van der Waals surface area contributed by atoms with Crippen LogP contribution in [0.4, 0.5) is 5.82 Å². The van der Waals surface area contributed by atoms with Crippen LogP contribution >= 0.6 is 0 Å². The van der Waals surface area contributed by atoms with Crippen LogP contribution in [0.1, 0.15) is 49.3 Å². The highest BCUT2D eigenvalue weighted by atomic mass is 16.3. The lowest BCUT2D eigenvalue weighted by Crippen LogP contribution is -2.27. The molecule has 0 spiro atoms. The van der Waals surface area contributed by atoms with Gasteiger partial charge in [-0.05, 0) is 58.0 Å². The van der Waals surface area contributed by atoms with Gasteiger partial charge in [-0.1, -0.05) is 6.42 Å². The number of phenols is 2. The second-order valence-corrected chi connectivity index (χ2v) is 7.33. The summed E-state index contributed by atoms with van der Waals surface area (Å²) in [7, 11) is 4.19. The Morgan fingerprint density at radius 3 is 2.63 bits per heavy atom. The number of nitrogen functional groups attached to an aromatic ring is 1. The highest BCUT2D eigenvalue weighted by Gasteiger charge is 2.26. The molecule has 27 heavy (non-hydrogen) atoms. The van der Waals surface area contributed by atoms with Gasteiger partial charge < -0.3 is 20.8 Å². The van der Waals surface area contributed by atoms with E-state index >= 15 is 0 Å². The fourth-order valence-electron chi connectivity index (χ4n) is 3.80.